The fraction of sp³-hybridized carbons (Fsp3) is 0.393. The van der Waals surface area contributed by atoms with Crippen LogP contribution in [0, 0.1) is 17.8 Å². The van der Waals surface area contributed by atoms with Crippen molar-refractivity contribution in [2.24, 2.45) is 17.4 Å². The molecule has 2 aliphatic rings. The molecule has 4 rings (SSSR count). The fourth-order valence-electron chi connectivity index (χ4n) is 4.92. The summed E-state index contributed by atoms with van der Waals surface area (Å²) in [5.41, 5.74) is 22.2. The molecule has 2 amide bonds. The van der Waals surface area contributed by atoms with E-state index in [4.69, 9.17) is 33.5 Å². The highest BCUT2D eigenvalue weighted by molar-refractivity contribution is 6.32. The monoisotopic (exact) mass is 553 g/mol. The molecule has 1 aromatic heterocycles. The molecule has 0 saturated carbocycles. The van der Waals surface area contributed by atoms with Gasteiger partial charge in [0.15, 0.2) is 5.82 Å². The van der Waals surface area contributed by atoms with Crippen molar-refractivity contribution in [2.75, 3.05) is 38.4 Å². The lowest BCUT2D eigenvalue weighted by molar-refractivity contribution is -0.127. The number of aromatic amines is 1. The van der Waals surface area contributed by atoms with Gasteiger partial charge in [-0.05, 0) is 61.3 Å². The van der Waals surface area contributed by atoms with Gasteiger partial charge in [-0.25, -0.2) is 0 Å². The van der Waals surface area contributed by atoms with Gasteiger partial charge in [0.05, 0.1) is 17.7 Å². The Bertz CT molecular complexity index is 1340. The highest BCUT2D eigenvalue weighted by atomic mass is 35.5. The van der Waals surface area contributed by atoms with Crippen LogP contribution < -0.4 is 22.5 Å². The number of likely N-dealkylation sites (tertiary alicyclic amines) is 1. The number of rotatable bonds is 6. The van der Waals surface area contributed by atoms with Crippen LogP contribution in [0.4, 0.5) is 11.5 Å². The maximum Gasteiger partial charge on any atom is 0.255 e. The number of ether oxygens (including phenoxy) is 1. The number of carbonyl (C=O) groups excluding carboxylic acids is 2. The molecule has 1 aliphatic heterocycles. The second-order valence-electron chi connectivity index (χ2n) is 9.47. The summed E-state index contributed by atoms with van der Waals surface area (Å²) in [6.07, 6.45) is 5.36. The van der Waals surface area contributed by atoms with Crippen LogP contribution in [0.5, 0.6) is 0 Å². The molecule has 0 spiro atoms. The van der Waals surface area contributed by atoms with Gasteiger partial charge in [0.1, 0.15) is 11.3 Å². The third-order valence-corrected chi connectivity index (χ3v) is 7.19. The number of amides is 2. The summed E-state index contributed by atoms with van der Waals surface area (Å²) in [6, 6.07) is 3.78. The maximum atomic E-state index is 11.6. The average molecular weight is 554 g/mol. The number of carbonyl (C=O) groups is 2. The number of benzene rings is 1. The number of allylic oxidation sites excluding steroid dienone is 2. The minimum Gasteiger partial charge on any atom is -0.402 e. The predicted octanol–water partition coefficient (Wildman–Crippen LogP) is 3.10. The van der Waals surface area contributed by atoms with Crippen LogP contribution in [0.15, 0.2) is 30.5 Å². The van der Waals surface area contributed by atoms with Gasteiger partial charge < -0.3 is 32.2 Å². The topological polar surface area (TPSA) is 165 Å². The average Bonchev–Trinajstić information content (AvgIpc) is 3.63. The summed E-state index contributed by atoms with van der Waals surface area (Å²) in [5, 5.41) is 9.91. The molecule has 2 heterocycles. The highest BCUT2D eigenvalue weighted by Gasteiger charge is 2.27. The highest BCUT2D eigenvalue weighted by Crippen LogP contribution is 2.40. The lowest BCUT2D eigenvalue weighted by Gasteiger charge is -2.22. The molecular formula is C28H36ClN7O3. The zero-order valence-corrected chi connectivity index (χ0v) is 23.3. The van der Waals surface area contributed by atoms with Crippen molar-refractivity contribution in [3.8, 4) is 11.8 Å². The van der Waals surface area contributed by atoms with E-state index in [9.17, 15) is 9.59 Å². The normalized spacial score (nSPS) is 18.2. The Hall–Kier alpha value is -3.94. The number of anilines is 2. The fourth-order valence-corrected chi connectivity index (χ4v) is 5.13. The number of H-pyrrole nitrogens is 1. The second-order valence-corrected chi connectivity index (χ2v) is 9.88. The summed E-state index contributed by atoms with van der Waals surface area (Å²) in [4.78, 5) is 24.7. The van der Waals surface area contributed by atoms with Gasteiger partial charge in [-0.15, -0.1) is 0 Å². The second kappa shape index (κ2) is 13.2. The van der Waals surface area contributed by atoms with E-state index in [2.05, 4.69) is 40.9 Å². The van der Waals surface area contributed by atoms with E-state index in [1.807, 2.05) is 4.90 Å². The van der Waals surface area contributed by atoms with Gasteiger partial charge in [-0.2, -0.15) is 5.10 Å². The summed E-state index contributed by atoms with van der Waals surface area (Å²) < 4.78 is 5.02. The number of methoxy groups -OCH3 is 1. The number of nitrogen functional groups attached to an aromatic ring is 1. The summed E-state index contributed by atoms with van der Waals surface area (Å²) in [5.74, 6) is 5.85. The third kappa shape index (κ3) is 6.74. The molecule has 8 N–H and O–H groups in total. The first-order chi connectivity index (χ1) is 18.6. The Morgan fingerprint density at radius 2 is 2.08 bits per heavy atom. The summed E-state index contributed by atoms with van der Waals surface area (Å²) >= 11 is 6.43. The third-order valence-electron chi connectivity index (χ3n) is 6.88. The molecule has 208 valence electrons. The quantitative estimate of drug-likeness (QED) is 0.208. The molecule has 2 unspecified atom stereocenters. The van der Waals surface area contributed by atoms with Crippen molar-refractivity contribution in [2.45, 2.75) is 38.6 Å². The van der Waals surface area contributed by atoms with E-state index in [1.165, 1.54) is 6.08 Å². The van der Waals surface area contributed by atoms with Crippen molar-refractivity contribution >= 4 is 40.5 Å². The van der Waals surface area contributed by atoms with Crippen LogP contribution >= 0.6 is 11.6 Å². The Balaban J connectivity index is 0.000000293. The number of hydrogen-bond acceptors (Lipinski definition) is 7. The van der Waals surface area contributed by atoms with Gasteiger partial charge >= 0.3 is 0 Å². The molecule has 1 fully saturated rings. The van der Waals surface area contributed by atoms with Gasteiger partial charge in [-0.3, -0.25) is 14.7 Å². The van der Waals surface area contributed by atoms with Crippen LogP contribution in [-0.4, -0.2) is 60.3 Å². The molecule has 0 bridgehead atoms. The molecule has 0 radical (unpaired) electrons. The number of nitrogens with one attached hydrogen (secondary N) is 2. The Morgan fingerprint density at radius 3 is 2.67 bits per heavy atom. The minimum absolute atomic E-state index is 0.0227. The molecule has 11 heteroatoms. The van der Waals surface area contributed by atoms with E-state index in [0.717, 1.165) is 49.1 Å². The van der Waals surface area contributed by atoms with Crippen LogP contribution in [0.2, 0.25) is 5.02 Å². The van der Waals surface area contributed by atoms with Crippen LogP contribution in [0.1, 0.15) is 59.8 Å². The number of primary amides is 1. The molecule has 2 atom stereocenters. The summed E-state index contributed by atoms with van der Waals surface area (Å²) in [7, 11) is 3.30. The van der Waals surface area contributed by atoms with Crippen LogP contribution in [-0.2, 0) is 9.53 Å². The first-order valence-electron chi connectivity index (χ1n) is 12.7. The maximum absolute atomic E-state index is 11.6. The molecule has 1 aromatic carbocycles. The van der Waals surface area contributed by atoms with Crippen LogP contribution in [0.3, 0.4) is 0 Å². The van der Waals surface area contributed by atoms with E-state index in [1.54, 1.807) is 26.3 Å². The lowest BCUT2D eigenvalue weighted by Crippen LogP contribution is -2.36. The van der Waals surface area contributed by atoms with Crippen molar-refractivity contribution in [1.29, 1.82) is 0 Å². The zero-order chi connectivity index (χ0) is 28.7. The smallest absolute Gasteiger partial charge is 0.255 e. The minimum atomic E-state index is -0.629. The Labute approximate surface area is 234 Å². The number of halogens is 1. The Morgan fingerprint density at radius 1 is 1.33 bits per heavy atom. The van der Waals surface area contributed by atoms with Gasteiger partial charge in [0.2, 0.25) is 5.91 Å². The summed E-state index contributed by atoms with van der Waals surface area (Å²) in [6.45, 7) is 7.08. The van der Waals surface area contributed by atoms with E-state index >= 15 is 0 Å². The largest absolute Gasteiger partial charge is 0.402 e. The first kappa shape index (κ1) is 29.6. The molecule has 39 heavy (non-hydrogen) atoms. The number of nitrogens with two attached hydrogens (primary N) is 3. The van der Waals surface area contributed by atoms with E-state index in [-0.39, 0.29) is 17.5 Å². The van der Waals surface area contributed by atoms with E-state index < -0.39 is 5.91 Å². The van der Waals surface area contributed by atoms with Gasteiger partial charge in [0, 0.05) is 43.2 Å². The van der Waals surface area contributed by atoms with Gasteiger partial charge in [-0.1, -0.05) is 31.0 Å². The van der Waals surface area contributed by atoms with E-state index in [0.29, 0.717) is 40.3 Å². The van der Waals surface area contributed by atoms with Crippen molar-refractivity contribution in [3.63, 3.8) is 0 Å². The first-order valence-corrected chi connectivity index (χ1v) is 13.1. The lowest BCUT2D eigenvalue weighted by atomic mass is 9.94. The van der Waals surface area contributed by atoms with Crippen molar-refractivity contribution in [1.82, 2.24) is 15.1 Å². The van der Waals surface area contributed by atoms with Crippen molar-refractivity contribution in [3.05, 3.63) is 57.9 Å². The molecule has 2 aromatic rings. The SMILES string of the molecule is C=CC(=O)N1CCCC1COC.CNc1n[nH]c(C#Cc2cc(N)c(C3=C(N)CCC3C)cc2Cl)c1C(N)=O. The number of aromatic nitrogens is 2. The standard InChI is InChI=1S/C19H21ClN6O.C9H15NO2/c1-9-3-5-13(21)16(9)11-8-12(20)10(7-14(11)22)4-6-15-17(18(23)27)19(24-2)26-25-15;1-3-9(11)10-6-4-5-8(10)7-12-2/h7-9H,3,5,21-22H2,1-2H3,(H2,23,27)(H2,24,25,26);3,8H,1,4-7H2,2H3. The van der Waals surface area contributed by atoms with Crippen molar-refractivity contribution < 1.29 is 14.3 Å². The zero-order valence-electron chi connectivity index (χ0n) is 22.6. The van der Waals surface area contributed by atoms with Gasteiger partial charge in [0.25, 0.3) is 5.91 Å². The molecule has 10 nitrogen and oxygen atoms in total. The number of hydrogen-bond donors (Lipinski definition) is 5. The van der Waals surface area contributed by atoms with Crippen LogP contribution in [0.25, 0.3) is 5.57 Å². The molecular weight excluding hydrogens is 518 g/mol. The predicted molar refractivity (Wildman–Crippen MR) is 155 cm³/mol. The molecule has 1 saturated heterocycles. The Kier molecular flexibility index (Phi) is 10.0. The molecule has 1 aliphatic carbocycles. The number of nitrogens with zero attached hydrogens (tertiary/aromatic N) is 2.